The first-order valence-electron chi connectivity index (χ1n) is 8.18. The lowest BCUT2D eigenvalue weighted by molar-refractivity contribution is 0.0430. The Kier molecular flexibility index (Phi) is 6.99. The number of amides is 2. The normalized spacial score (nSPS) is 11.6. The van der Waals surface area contributed by atoms with Crippen molar-refractivity contribution < 1.29 is 28.6 Å². The highest BCUT2D eigenvalue weighted by Crippen LogP contribution is 2.29. The van der Waals surface area contributed by atoms with Crippen LogP contribution in [-0.4, -0.2) is 41.5 Å². The average Bonchev–Trinajstić information content (AvgIpc) is 2.46. The van der Waals surface area contributed by atoms with Gasteiger partial charge in [-0.15, -0.1) is 0 Å². The lowest BCUT2D eigenvalue weighted by Gasteiger charge is -2.29. The molecule has 0 fully saturated rings. The van der Waals surface area contributed by atoms with Crippen LogP contribution < -0.4 is 4.90 Å². The summed E-state index contributed by atoms with van der Waals surface area (Å²) in [5.41, 5.74) is -1.48. The molecular weight excluding hydrogens is 420 g/mol. The van der Waals surface area contributed by atoms with Crippen molar-refractivity contribution in [1.29, 1.82) is 0 Å². The highest BCUT2D eigenvalue weighted by Gasteiger charge is 2.36. The summed E-state index contributed by atoms with van der Waals surface area (Å²) < 4.78 is 15.8. The number of hydrogen-bond donors (Lipinski definition) is 0. The van der Waals surface area contributed by atoms with E-state index < -0.39 is 29.4 Å². The maximum Gasteiger partial charge on any atom is 0.424 e. The minimum absolute atomic E-state index is 0.0916. The van der Waals surface area contributed by atoms with E-state index in [4.69, 9.17) is 14.2 Å². The van der Waals surface area contributed by atoms with Gasteiger partial charge in [0.15, 0.2) is 5.69 Å². The smallest absolute Gasteiger partial charge is 0.424 e. The minimum Gasteiger partial charge on any atom is -0.464 e. The van der Waals surface area contributed by atoms with Crippen LogP contribution in [0, 0.1) is 6.92 Å². The SMILES string of the molecule is COC(=O)c1nc(Br)c(C)cc1N(C(=O)OC(C)(C)C)C(=O)OC(C)(C)C. The standard InChI is InChI=1S/C18H25BrN2O6/c1-10-9-11(12(14(22)25-8)20-13(10)19)21(15(23)26-17(2,3)4)16(24)27-18(5,6)7/h9H,1-8H3. The van der Waals surface area contributed by atoms with Gasteiger partial charge in [-0.1, -0.05) is 0 Å². The van der Waals surface area contributed by atoms with Crippen molar-refractivity contribution in [3.63, 3.8) is 0 Å². The first-order valence-corrected chi connectivity index (χ1v) is 8.97. The third kappa shape index (κ3) is 6.50. The molecule has 150 valence electrons. The number of imide groups is 1. The van der Waals surface area contributed by atoms with Gasteiger partial charge in [0.25, 0.3) is 0 Å². The summed E-state index contributed by atoms with van der Waals surface area (Å²) in [6, 6.07) is 1.46. The maximum atomic E-state index is 12.8. The number of methoxy groups -OCH3 is 1. The van der Waals surface area contributed by atoms with Gasteiger partial charge in [0.1, 0.15) is 15.8 Å². The Bertz CT molecular complexity index is 721. The van der Waals surface area contributed by atoms with Crippen LogP contribution in [0.15, 0.2) is 10.7 Å². The molecule has 1 aromatic rings. The average molecular weight is 445 g/mol. The molecule has 0 saturated heterocycles. The van der Waals surface area contributed by atoms with E-state index in [1.54, 1.807) is 48.5 Å². The van der Waals surface area contributed by atoms with Crippen LogP contribution in [0.25, 0.3) is 0 Å². The van der Waals surface area contributed by atoms with Crippen LogP contribution in [-0.2, 0) is 14.2 Å². The van der Waals surface area contributed by atoms with Crippen LogP contribution >= 0.6 is 15.9 Å². The number of carbonyl (C=O) groups excluding carboxylic acids is 3. The number of rotatable bonds is 2. The van der Waals surface area contributed by atoms with Gasteiger partial charge in [0.2, 0.25) is 0 Å². The Morgan fingerprint density at radius 1 is 1.00 bits per heavy atom. The van der Waals surface area contributed by atoms with Gasteiger partial charge in [0, 0.05) is 0 Å². The van der Waals surface area contributed by atoms with E-state index in [-0.39, 0.29) is 11.4 Å². The molecule has 27 heavy (non-hydrogen) atoms. The Hall–Kier alpha value is -2.16. The molecule has 0 atom stereocenters. The largest absolute Gasteiger partial charge is 0.464 e. The quantitative estimate of drug-likeness (QED) is 0.373. The second kappa shape index (κ2) is 8.24. The molecule has 0 aliphatic carbocycles. The number of carbonyl (C=O) groups is 3. The zero-order valence-corrected chi connectivity index (χ0v) is 18.4. The van der Waals surface area contributed by atoms with Gasteiger partial charge in [-0.2, -0.15) is 4.90 Å². The third-order valence-electron chi connectivity index (χ3n) is 2.90. The van der Waals surface area contributed by atoms with Crippen molar-refractivity contribution in [3.8, 4) is 0 Å². The molecule has 1 heterocycles. The summed E-state index contributed by atoms with van der Waals surface area (Å²) in [7, 11) is 1.17. The second-order valence-corrected chi connectivity index (χ2v) is 8.50. The topological polar surface area (TPSA) is 95.0 Å². The molecule has 1 aromatic heterocycles. The van der Waals surface area contributed by atoms with Crippen molar-refractivity contribution in [3.05, 3.63) is 21.9 Å². The molecule has 0 N–H and O–H groups in total. The molecule has 0 bridgehead atoms. The molecule has 0 aliphatic rings. The molecule has 0 aromatic carbocycles. The number of pyridine rings is 1. The zero-order valence-electron chi connectivity index (χ0n) is 16.8. The van der Waals surface area contributed by atoms with E-state index >= 15 is 0 Å². The van der Waals surface area contributed by atoms with Crippen LogP contribution in [0.2, 0.25) is 0 Å². The van der Waals surface area contributed by atoms with Crippen molar-refractivity contribution in [2.75, 3.05) is 12.0 Å². The molecule has 0 saturated carbocycles. The highest BCUT2D eigenvalue weighted by atomic mass is 79.9. The van der Waals surface area contributed by atoms with Crippen molar-refractivity contribution in [2.24, 2.45) is 0 Å². The lowest BCUT2D eigenvalue weighted by Crippen LogP contribution is -2.44. The van der Waals surface area contributed by atoms with Crippen LogP contribution in [0.3, 0.4) is 0 Å². The van der Waals surface area contributed by atoms with Crippen LogP contribution in [0.4, 0.5) is 15.3 Å². The Labute approximate surface area is 167 Å². The number of halogens is 1. The maximum absolute atomic E-state index is 12.8. The lowest BCUT2D eigenvalue weighted by atomic mass is 10.2. The second-order valence-electron chi connectivity index (χ2n) is 7.75. The van der Waals surface area contributed by atoms with Crippen LogP contribution in [0.5, 0.6) is 0 Å². The molecule has 0 radical (unpaired) electrons. The molecule has 2 amide bonds. The number of aryl methyl sites for hydroxylation is 1. The number of aromatic nitrogens is 1. The first kappa shape index (κ1) is 22.9. The van der Waals surface area contributed by atoms with Gasteiger partial charge in [-0.05, 0) is 76.0 Å². The molecule has 9 heteroatoms. The van der Waals surface area contributed by atoms with Gasteiger partial charge >= 0.3 is 18.2 Å². The van der Waals surface area contributed by atoms with Gasteiger partial charge in [-0.25, -0.2) is 19.4 Å². The number of hydrogen-bond acceptors (Lipinski definition) is 7. The summed E-state index contributed by atoms with van der Waals surface area (Å²) in [5.74, 6) is -0.817. The summed E-state index contributed by atoms with van der Waals surface area (Å²) >= 11 is 3.23. The Balaban J connectivity index is 3.59. The predicted octanol–water partition coefficient (Wildman–Crippen LogP) is 4.62. The van der Waals surface area contributed by atoms with Crippen molar-refractivity contribution in [2.45, 2.75) is 59.7 Å². The van der Waals surface area contributed by atoms with E-state index in [0.717, 1.165) is 0 Å². The monoisotopic (exact) mass is 444 g/mol. The van der Waals surface area contributed by atoms with Gasteiger partial charge < -0.3 is 14.2 Å². The number of esters is 1. The first-order chi connectivity index (χ1) is 12.2. The van der Waals surface area contributed by atoms with E-state index in [9.17, 15) is 14.4 Å². The van der Waals surface area contributed by atoms with Gasteiger partial charge in [0.05, 0.1) is 12.8 Å². The minimum atomic E-state index is -0.995. The number of ether oxygens (including phenoxy) is 3. The number of nitrogens with zero attached hydrogens (tertiary/aromatic N) is 2. The van der Waals surface area contributed by atoms with E-state index in [2.05, 4.69) is 20.9 Å². The highest BCUT2D eigenvalue weighted by molar-refractivity contribution is 9.10. The van der Waals surface area contributed by atoms with Crippen molar-refractivity contribution in [1.82, 2.24) is 4.98 Å². The summed E-state index contributed by atoms with van der Waals surface area (Å²) in [4.78, 5) is 42.5. The van der Waals surface area contributed by atoms with E-state index in [0.29, 0.717) is 15.1 Å². The molecule has 0 aliphatic heterocycles. The molecule has 1 rings (SSSR count). The summed E-state index contributed by atoms with van der Waals surface area (Å²) in [5, 5.41) is 0. The molecule has 8 nitrogen and oxygen atoms in total. The molecule has 0 unspecified atom stereocenters. The fourth-order valence-corrected chi connectivity index (χ4v) is 2.17. The fourth-order valence-electron chi connectivity index (χ4n) is 1.88. The fraction of sp³-hybridized carbons (Fsp3) is 0.556. The zero-order chi connectivity index (χ0) is 21.2. The molecular formula is C18H25BrN2O6. The van der Waals surface area contributed by atoms with E-state index in [1.807, 2.05) is 0 Å². The van der Waals surface area contributed by atoms with Crippen molar-refractivity contribution >= 4 is 39.8 Å². The predicted molar refractivity (Wildman–Crippen MR) is 103 cm³/mol. The number of anilines is 1. The van der Waals surface area contributed by atoms with Crippen LogP contribution in [0.1, 0.15) is 57.6 Å². The van der Waals surface area contributed by atoms with Gasteiger partial charge in [-0.3, -0.25) is 0 Å². The van der Waals surface area contributed by atoms with E-state index in [1.165, 1.54) is 13.2 Å². The summed E-state index contributed by atoms with van der Waals surface area (Å²) in [6.45, 7) is 11.6. The molecule has 0 spiro atoms. The summed E-state index contributed by atoms with van der Waals surface area (Å²) in [6.07, 6.45) is -1.99. The third-order valence-corrected chi connectivity index (χ3v) is 3.71. The Morgan fingerprint density at radius 3 is 1.81 bits per heavy atom. The Morgan fingerprint density at radius 2 is 1.44 bits per heavy atom.